The van der Waals surface area contributed by atoms with E-state index in [-0.39, 0.29) is 24.4 Å². The van der Waals surface area contributed by atoms with Gasteiger partial charge in [0.1, 0.15) is 24.2 Å². The third kappa shape index (κ3) is 4.33. The molecule has 1 saturated heterocycles. The highest BCUT2D eigenvalue weighted by Crippen LogP contribution is 2.30. The molecule has 1 amide bonds. The molecule has 1 aliphatic heterocycles. The Balaban J connectivity index is 1.54. The maximum absolute atomic E-state index is 12.8. The predicted molar refractivity (Wildman–Crippen MR) is 85.5 cm³/mol. The fourth-order valence-corrected chi connectivity index (χ4v) is 2.82. The number of benzene rings is 1. The van der Waals surface area contributed by atoms with Gasteiger partial charge in [0, 0.05) is 20.1 Å². The van der Waals surface area contributed by atoms with Gasteiger partial charge in [-0.1, -0.05) is 5.16 Å². The molecule has 0 N–H and O–H groups in total. The largest absolute Gasteiger partial charge is 0.493 e. The van der Waals surface area contributed by atoms with Crippen molar-refractivity contribution in [1.29, 1.82) is 0 Å². The maximum Gasteiger partial charge on any atom is 0.249 e. The van der Waals surface area contributed by atoms with Crippen LogP contribution in [0.5, 0.6) is 5.75 Å². The Hall–Kier alpha value is -2.48. The monoisotopic (exact) mass is 349 g/mol. The first-order valence-corrected chi connectivity index (χ1v) is 8.16. The first-order chi connectivity index (χ1) is 12.2. The van der Waals surface area contributed by atoms with Gasteiger partial charge in [-0.15, -0.1) is 0 Å². The lowest BCUT2D eigenvalue weighted by Crippen LogP contribution is -2.33. The predicted octanol–water partition coefficient (Wildman–Crippen LogP) is 2.14. The molecule has 1 fully saturated rings. The molecule has 0 saturated carbocycles. The van der Waals surface area contributed by atoms with E-state index in [1.807, 2.05) is 0 Å². The minimum atomic E-state index is -0.306. The minimum absolute atomic E-state index is 0.0446. The van der Waals surface area contributed by atoms with Crippen LogP contribution >= 0.6 is 0 Å². The van der Waals surface area contributed by atoms with Crippen molar-refractivity contribution < 1.29 is 23.2 Å². The number of hydrogen-bond donors (Lipinski definition) is 0. The van der Waals surface area contributed by atoms with Crippen LogP contribution in [0, 0.1) is 5.82 Å². The van der Waals surface area contributed by atoms with E-state index in [0.29, 0.717) is 37.0 Å². The van der Waals surface area contributed by atoms with Crippen molar-refractivity contribution in [3.8, 4) is 5.75 Å². The Labute approximate surface area is 144 Å². The summed E-state index contributed by atoms with van der Waals surface area (Å²) in [6, 6.07) is 5.62. The quantitative estimate of drug-likeness (QED) is 0.762. The summed E-state index contributed by atoms with van der Waals surface area (Å²) in [5.74, 6) is 1.16. The second-order valence-electron chi connectivity index (χ2n) is 5.78. The summed E-state index contributed by atoms with van der Waals surface area (Å²) in [5.41, 5.74) is 0. The Morgan fingerprint density at radius 1 is 1.40 bits per heavy atom. The number of carbonyl (C=O) groups is 1. The molecule has 3 rings (SSSR count). The second kappa shape index (κ2) is 8.06. The number of halogens is 1. The molecule has 1 unspecified atom stereocenters. The summed E-state index contributed by atoms with van der Waals surface area (Å²) in [7, 11) is 1.49. The summed E-state index contributed by atoms with van der Waals surface area (Å²) >= 11 is 0. The number of amides is 1. The van der Waals surface area contributed by atoms with Crippen LogP contribution in [-0.2, 0) is 16.0 Å². The average molecular weight is 349 g/mol. The molecular weight excluding hydrogens is 329 g/mol. The lowest BCUT2D eigenvalue weighted by molar-refractivity contribution is -0.136. The van der Waals surface area contributed by atoms with Crippen molar-refractivity contribution in [2.24, 2.45) is 0 Å². The third-order valence-electron chi connectivity index (χ3n) is 4.02. The van der Waals surface area contributed by atoms with Crippen LogP contribution in [-0.4, -0.2) is 47.8 Å². The number of aromatic nitrogens is 2. The molecule has 1 atom stereocenters. The van der Waals surface area contributed by atoms with Crippen molar-refractivity contribution >= 4 is 5.91 Å². The SMILES string of the molecule is COCC(=O)N1CCCC1c1nc(CCOc2ccc(F)cc2)no1. The van der Waals surface area contributed by atoms with Gasteiger partial charge < -0.3 is 18.9 Å². The Bertz CT molecular complexity index is 704. The first kappa shape index (κ1) is 17.3. The fraction of sp³-hybridized carbons (Fsp3) is 0.471. The standard InChI is InChI=1S/C17H20FN3O4/c1-23-11-16(22)21-9-2-3-14(21)17-19-15(20-25-17)8-10-24-13-6-4-12(18)5-7-13/h4-7,14H,2-3,8-11H2,1H3. The topological polar surface area (TPSA) is 77.7 Å². The van der Waals surface area contributed by atoms with Gasteiger partial charge in [-0.05, 0) is 37.1 Å². The van der Waals surface area contributed by atoms with E-state index in [2.05, 4.69) is 10.1 Å². The van der Waals surface area contributed by atoms with Gasteiger partial charge in [-0.25, -0.2) is 4.39 Å². The Kier molecular flexibility index (Phi) is 5.60. The first-order valence-electron chi connectivity index (χ1n) is 8.16. The van der Waals surface area contributed by atoms with Crippen LogP contribution in [0.2, 0.25) is 0 Å². The molecule has 25 heavy (non-hydrogen) atoms. The molecule has 0 spiro atoms. The van der Waals surface area contributed by atoms with Crippen LogP contribution in [0.15, 0.2) is 28.8 Å². The fourth-order valence-electron chi connectivity index (χ4n) is 2.82. The number of ether oxygens (including phenoxy) is 2. The van der Waals surface area contributed by atoms with Gasteiger partial charge in [0.25, 0.3) is 0 Å². The highest BCUT2D eigenvalue weighted by atomic mass is 19.1. The van der Waals surface area contributed by atoms with E-state index in [0.717, 1.165) is 12.8 Å². The van der Waals surface area contributed by atoms with Crippen molar-refractivity contribution in [2.75, 3.05) is 26.9 Å². The molecule has 7 nitrogen and oxygen atoms in total. The van der Waals surface area contributed by atoms with E-state index >= 15 is 0 Å². The molecule has 0 aliphatic carbocycles. The van der Waals surface area contributed by atoms with Gasteiger partial charge in [-0.3, -0.25) is 4.79 Å². The minimum Gasteiger partial charge on any atom is -0.493 e. The molecule has 0 radical (unpaired) electrons. The number of nitrogens with zero attached hydrogens (tertiary/aromatic N) is 3. The molecule has 1 aromatic heterocycles. The Morgan fingerprint density at radius 2 is 2.20 bits per heavy atom. The van der Waals surface area contributed by atoms with Gasteiger partial charge in [-0.2, -0.15) is 4.98 Å². The zero-order chi connectivity index (χ0) is 17.6. The molecule has 8 heteroatoms. The van der Waals surface area contributed by atoms with Gasteiger partial charge >= 0.3 is 0 Å². The lowest BCUT2D eigenvalue weighted by Gasteiger charge is -2.21. The normalized spacial score (nSPS) is 17.0. The van der Waals surface area contributed by atoms with Crippen molar-refractivity contribution in [3.05, 3.63) is 41.8 Å². The Morgan fingerprint density at radius 3 is 2.96 bits per heavy atom. The van der Waals surface area contributed by atoms with Crippen LogP contribution in [0.1, 0.15) is 30.6 Å². The smallest absolute Gasteiger partial charge is 0.249 e. The van der Waals surface area contributed by atoms with Crippen LogP contribution < -0.4 is 4.74 Å². The van der Waals surface area contributed by atoms with Crippen molar-refractivity contribution in [2.45, 2.75) is 25.3 Å². The summed E-state index contributed by atoms with van der Waals surface area (Å²) in [6.07, 6.45) is 2.15. The molecular formula is C17H20FN3O4. The van der Waals surface area contributed by atoms with Crippen molar-refractivity contribution in [3.63, 3.8) is 0 Å². The van der Waals surface area contributed by atoms with E-state index in [1.165, 1.54) is 19.2 Å². The number of methoxy groups -OCH3 is 1. The van der Waals surface area contributed by atoms with Crippen molar-refractivity contribution in [1.82, 2.24) is 15.0 Å². The maximum atomic E-state index is 12.8. The zero-order valence-electron chi connectivity index (χ0n) is 14.0. The van der Waals surface area contributed by atoms with E-state index < -0.39 is 0 Å². The van der Waals surface area contributed by atoms with Gasteiger partial charge in [0.2, 0.25) is 11.8 Å². The average Bonchev–Trinajstić information content (AvgIpc) is 3.25. The number of rotatable bonds is 7. The molecule has 2 aromatic rings. The third-order valence-corrected chi connectivity index (χ3v) is 4.02. The van der Waals surface area contributed by atoms with Crippen LogP contribution in [0.25, 0.3) is 0 Å². The van der Waals surface area contributed by atoms with Crippen LogP contribution in [0.4, 0.5) is 4.39 Å². The van der Waals surface area contributed by atoms with E-state index in [9.17, 15) is 9.18 Å². The summed E-state index contributed by atoms with van der Waals surface area (Å²) in [5, 5.41) is 3.95. The van der Waals surface area contributed by atoms with Crippen LogP contribution in [0.3, 0.4) is 0 Å². The van der Waals surface area contributed by atoms with Gasteiger partial charge in [0.05, 0.1) is 6.61 Å². The summed E-state index contributed by atoms with van der Waals surface area (Å²) in [4.78, 5) is 18.1. The highest BCUT2D eigenvalue weighted by Gasteiger charge is 2.33. The second-order valence-corrected chi connectivity index (χ2v) is 5.78. The molecule has 2 heterocycles. The molecule has 0 bridgehead atoms. The van der Waals surface area contributed by atoms with Gasteiger partial charge in [0.15, 0.2) is 5.82 Å². The number of hydrogen-bond acceptors (Lipinski definition) is 6. The zero-order valence-corrected chi connectivity index (χ0v) is 14.0. The highest BCUT2D eigenvalue weighted by molar-refractivity contribution is 5.78. The van der Waals surface area contributed by atoms with E-state index in [1.54, 1.807) is 17.0 Å². The number of carbonyl (C=O) groups excluding carboxylic acids is 1. The molecule has 134 valence electrons. The number of likely N-dealkylation sites (tertiary alicyclic amines) is 1. The summed E-state index contributed by atoms with van der Waals surface area (Å²) < 4.78 is 28.6. The molecule has 1 aromatic carbocycles. The molecule has 1 aliphatic rings. The lowest BCUT2D eigenvalue weighted by atomic mass is 10.2. The van der Waals surface area contributed by atoms with E-state index in [4.69, 9.17) is 14.0 Å². The summed E-state index contributed by atoms with van der Waals surface area (Å²) in [6.45, 7) is 1.06.